The molecule has 1 amide bonds. The topological polar surface area (TPSA) is 96.3 Å². The number of Topliss-reactive ketones (excluding diaryl/α,β-unsaturated/α-hetero) is 1. The first-order valence-electron chi connectivity index (χ1n) is 11.0. The van der Waals surface area contributed by atoms with E-state index in [4.69, 9.17) is 9.47 Å². The third-order valence-corrected chi connectivity index (χ3v) is 6.03. The molecule has 172 valence electrons. The number of fused-ring (bicyclic) bond motifs is 1. The molecule has 34 heavy (non-hydrogen) atoms. The van der Waals surface area contributed by atoms with Crippen LogP contribution in [-0.2, 0) is 16.0 Å². The summed E-state index contributed by atoms with van der Waals surface area (Å²) >= 11 is 0. The van der Waals surface area contributed by atoms with Gasteiger partial charge < -0.3 is 24.6 Å². The highest BCUT2D eigenvalue weighted by atomic mass is 16.6. The Morgan fingerprint density at radius 1 is 0.912 bits per heavy atom. The number of rotatable bonds is 5. The summed E-state index contributed by atoms with van der Waals surface area (Å²) < 4.78 is 11.1. The predicted molar refractivity (Wildman–Crippen MR) is 125 cm³/mol. The summed E-state index contributed by atoms with van der Waals surface area (Å²) in [5.41, 5.74) is 1.87. The van der Waals surface area contributed by atoms with Crippen molar-refractivity contribution in [2.45, 2.75) is 12.5 Å². The molecular weight excluding hydrogens is 434 g/mol. The number of hydrogen-bond acceptors (Lipinski definition) is 6. The van der Waals surface area contributed by atoms with Crippen molar-refractivity contribution in [2.75, 3.05) is 19.8 Å². The Hall–Kier alpha value is -4.26. The van der Waals surface area contributed by atoms with E-state index in [-0.39, 0.29) is 23.6 Å². The molecular formula is C27H23NO6. The average molecular weight is 457 g/mol. The van der Waals surface area contributed by atoms with Gasteiger partial charge in [0.2, 0.25) is 0 Å². The lowest BCUT2D eigenvalue weighted by Gasteiger charge is -2.25. The van der Waals surface area contributed by atoms with Gasteiger partial charge in [-0.3, -0.25) is 9.59 Å². The van der Waals surface area contributed by atoms with Crippen molar-refractivity contribution < 1.29 is 29.3 Å². The summed E-state index contributed by atoms with van der Waals surface area (Å²) in [5, 5.41) is 21.3. The van der Waals surface area contributed by atoms with Gasteiger partial charge in [0.25, 0.3) is 11.7 Å². The van der Waals surface area contributed by atoms with E-state index in [0.29, 0.717) is 42.3 Å². The van der Waals surface area contributed by atoms with Crippen molar-refractivity contribution >= 4 is 17.4 Å². The predicted octanol–water partition coefficient (Wildman–Crippen LogP) is 3.83. The smallest absolute Gasteiger partial charge is 0.295 e. The highest BCUT2D eigenvalue weighted by Gasteiger charge is 2.46. The standard InChI is InChI=1S/C27H23NO6/c29-20-8-4-7-18(15-20)24-23(25(30)19-9-10-21-22(16-19)34-14-13-33-21)26(31)27(32)28(24)12-11-17-5-2-1-3-6-17/h1-10,15-16,24,29-30H,11-14H2. The zero-order chi connectivity index (χ0) is 23.7. The number of phenolic OH excluding ortho intramolecular Hbond substituents is 1. The van der Waals surface area contributed by atoms with Gasteiger partial charge in [-0.1, -0.05) is 42.5 Å². The molecule has 0 saturated carbocycles. The van der Waals surface area contributed by atoms with Crippen LogP contribution in [0.5, 0.6) is 17.2 Å². The van der Waals surface area contributed by atoms with Crippen molar-refractivity contribution in [3.63, 3.8) is 0 Å². The molecule has 1 fully saturated rings. The number of amides is 1. The maximum atomic E-state index is 13.2. The number of ketones is 1. The Kier molecular flexibility index (Phi) is 5.67. The lowest BCUT2D eigenvalue weighted by atomic mass is 9.95. The molecule has 7 nitrogen and oxygen atoms in total. The van der Waals surface area contributed by atoms with Crippen molar-refractivity contribution in [2.24, 2.45) is 0 Å². The Morgan fingerprint density at radius 3 is 2.44 bits per heavy atom. The van der Waals surface area contributed by atoms with Crippen LogP contribution in [0.15, 0.2) is 78.4 Å². The van der Waals surface area contributed by atoms with E-state index < -0.39 is 17.7 Å². The molecule has 1 unspecified atom stereocenters. The monoisotopic (exact) mass is 457 g/mol. The highest BCUT2D eigenvalue weighted by molar-refractivity contribution is 6.46. The van der Waals surface area contributed by atoms with E-state index in [2.05, 4.69) is 0 Å². The van der Waals surface area contributed by atoms with E-state index in [1.165, 1.54) is 17.0 Å². The first kappa shape index (κ1) is 21.6. The maximum Gasteiger partial charge on any atom is 0.295 e. The van der Waals surface area contributed by atoms with Gasteiger partial charge >= 0.3 is 0 Å². The van der Waals surface area contributed by atoms with Gasteiger partial charge in [0.1, 0.15) is 24.7 Å². The van der Waals surface area contributed by atoms with Crippen LogP contribution < -0.4 is 9.47 Å². The number of carbonyl (C=O) groups excluding carboxylic acids is 2. The molecule has 0 bridgehead atoms. The van der Waals surface area contributed by atoms with E-state index in [0.717, 1.165) is 5.56 Å². The van der Waals surface area contributed by atoms with Crippen molar-refractivity contribution in [1.82, 2.24) is 4.90 Å². The highest BCUT2D eigenvalue weighted by Crippen LogP contribution is 2.41. The largest absolute Gasteiger partial charge is 0.508 e. The first-order valence-corrected chi connectivity index (χ1v) is 11.0. The van der Waals surface area contributed by atoms with Crippen LogP contribution in [0.4, 0.5) is 0 Å². The molecule has 0 aliphatic carbocycles. The number of aliphatic hydroxyl groups is 1. The van der Waals surface area contributed by atoms with Gasteiger partial charge in [-0.05, 0) is 47.9 Å². The number of nitrogens with zero attached hydrogens (tertiary/aromatic N) is 1. The number of ether oxygens (including phenoxy) is 2. The second-order valence-corrected chi connectivity index (χ2v) is 8.18. The van der Waals surface area contributed by atoms with Crippen LogP contribution in [0.1, 0.15) is 22.7 Å². The zero-order valence-corrected chi connectivity index (χ0v) is 18.3. The summed E-state index contributed by atoms with van der Waals surface area (Å²) in [4.78, 5) is 27.7. The molecule has 1 saturated heterocycles. The van der Waals surface area contributed by atoms with Crippen LogP contribution in [0.25, 0.3) is 5.76 Å². The van der Waals surface area contributed by atoms with Crippen LogP contribution in [0.3, 0.4) is 0 Å². The van der Waals surface area contributed by atoms with Crippen LogP contribution >= 0.6 is 0 Å². The molecule has 0 radical (unpaired) electrons. The number of carbonyl (C=O) groups is 2. The number of benzene rings is 3. The molecule has 0 aromatic heterocycles. The van der Waals surface area contributed by atoms with Gasteiger partial charge in [0, 0.05) is 12.1 Å². The van der Waals surface area contributed by atoms with Gasteiger partial charge in [-0.15, -0.1) is 0 Å². The fourth-order valence-electron chi connectivity index (χ4n) is 4.39. The van der Waals surface area contributed by atoms with E-state index >= 15 is 0 Å². The molecule has 2 heterocycles. The quantitative estimate of drug-likeness (QED) is 0.344. The molecule has 3 aromatic carbocycles. The molecule has 7 heteroatoms. The average Bonchev–Trinajstić information content (AvgIpc) is 3.12. The summed E-state index contributed by atoms with van der Waals surface area (Å²) in [6.07, 6.45) is 0.535. The Bertz CT molecular complexity index is 1280. The Morgan fingerprint density at radius 2 is 1.68 bits per heavy atom. The van der Waals surface area contributed by atoms with E-state index in [1.807, 2.05) is 30.3 Å². The third kappa shape index (κ3) is 3.96. The number of hydrogen-bond donors (Lipinski definition) is 2. The fourth-order valence-corrected chi connectivity index (χ4v) is 4.39. The second kappa shape index (κ2) is 8.94. The maximum absolute atomic E-state index is 13.2. The minimum atomic E-state index is -0.844. The van der Waals surface area contributed by atoms with Crippen LogP contribution in [-0.4, -0.2) is 46.6 Å². The summed E-state index contributed by atoms with van der Waals surface area (Å²) in [7, 11) is 0. The normalized spacial score (nSPS) is 18.8. The van der Waals surface area contributed by atoms with Gasteiger partial charge in [0.15, 0.2) is 11.5 Å². The van der Waals surface area contributed by atoms with Gasteiger partial charge in [0.05, 0.1) is 11.6 Å². The summed E-state index contributed by atoms with van der Waals surface area (Å²) in [6.45, 7) is 1.08. The Balaban J connectivity index is 1.58. The molecule has 0 spiro atoms. The van der Waals surface area contributed by atoms with E-state index in [1.54, 1.807) is 30.3 Å². The Labute approximate surface area is 196 Å². The molecule has 1 atom stereocenters. The minimum Gasteiger partial charge on any atom is -0.508 e. The molecule has 2 N–H and O–H groups in total. The molecule has 2 aliphatic rings. The number of likely N-dealkylation sites (tertiary alicyclic amines) is 1. The lowest BCUT2D eigenvalue weighted by Crippen LogP contribution is -2.31. The number of aliphatic hydroxyl groups excluding tert-OH is 1. The molecule has 2 aliphatic heterocycles. The van der Waals surface area contributed by atoms with Crippen molar-refractivity contribution in [1.29, 1.82) is 0 Å². The summed E-state index contributed by atoms with van der Waals surface area (Å²) in [6, 6.07) is 20.1. The van der Waals surface area contributed by atoms with E-state index in [9.17, 15) is 19.8 Å². The van der Waals surface area contributed by atoms with Crippen molar-refractivity contribution in [3.05, 3.63) is 95.1 Å². The van der Waals surface area contributed by atoms with Crippen molar-refractivity contribution in [3.8, 4) is 17.2 Å². The minimum absolute atomic E-state index is 0.00507. The fraction of sp³-hybridized carbons (Fsp3) is 0.185. The number of aromatic hydroxyl groups is 1. The van der Waals surface area contributed by atoms with Gasteiger partial charge in [-0.2, -0.15) is 0 Å². The first-order chi connectivity index (χ1) is 16.5. The van der Waals surface area contributed by atoms with Crippen LogP contribution in [0, 0.1) is 0 Å². The van der Waals surface area contributed by atoms with Crippen LogP contribution in [0.2, 0.25) is 0 Å². The lowest BCUT2D eigenvalue weighted by molar-refractivity contribution is -0.139. The molecule has 3 aromatic rings. The SMILES string of the molecule is O=C1C(=O)N(CCc2ccccc2)C(c2cccc(O)c2)C1=C(O)c1ccc2c(c1)OCCO2. The zero-order valence-electron chi connectivity index (χ0n) is 18.3. The van der Waals surface area contributed by atoms with Gasteiger partial charge in [-0.25, -0.2) is 0 Å². The second-order valence-electron chi connectivity index (χ2n) is 8.18. The molecule has 5 rings (SSSR count). The summed E-state index contributed by atoms with van der Waals surface area (Å²) in [5.74, 6) is -0.744. The number of phenols is 1. The third-order valence-electron chi connectivity index (χ3n) is 6.03.